The van der Waals surface area contributed by atoms with E-state index in [9.17, 15) is 18.0 Å². The van der Waals surface area contributed by atoms with E-state index < -0.39 is 40.3 Å². The standard InChI is InChI=1S/C21H20F3N3O3S/c1-11(29-2)20(28)27-21(31-19(26-27)15-7-13(22)3-5-17(15)24)12(9-25)10-30-18-6-4-14(23)8-16(18)21/h3-8,11-12H,9-10,25H2,1-2H3/t11-,12-,21+/m1/s1. The van der Waals surface area contributed by atoms with Crippen molar-refractivity contribution in [1.82, 2.24) is 5.01 Å². The van der Waals surface area contributed by atoms with E-state index in [2.05, 4.69) is 5.10 Å². The van der Waals surface area contributed by atoms with Crippen LogP contribution < -0.4 is 10.5 Å². The van der Waals surface area contributed by atoms with Gasteiger partial charge in [-0.2, -0.15) is 5.10 Å². The van der Waals surface area contributed by atoms with Crippen molar-refractivity contribution < 1.29 is 27.4 Å². The van der Waals surface area contributed by atoms with Gasteiger partial charge in [-0.15, -0.1) is 0 Å². The van der Waals surface area contributed by atoms with Crippen LogP contribution in [0, 0.1) is 23.4 Å². The molecule has 1 amide bonds. The minimum Gasteiger partial charge on any atom is -0.493 e. The van der Waals surface area contributed by atoms with Crippen LogP contribution >= 0.6 is 11.8 Å². The first-order valence-electron chi connectivity index (χ1n) is 9.54. The number of halogens is 3. The molecule has 2 N–H and O–H groups in total. The van der Waals surface area contributed by atoms with E-state index in [0.29, 0.717) is 11.3 Å². The zero-order valence-corrected chi connectivity index (χ0v) is 17.6. The highest BCUT2D eigenvalue weighted by atomic mass is 32.2. The molecule has 2 aliphatic heterocycles. The molecule has 0 aromatic heterocycles. The van der Waals surface area contributed by atoms with E-state index >= 15 is 0 Å². The van der Waals surface area contributed by atoms with E-state index in [1.54, 1.807) is 6.92 Å². The quantitative estimate of drug-likeness (QED) is 0.773. The predicted molar refractivity (Wildman–Crippen MR) is 110 cm³/mol. The smallest absolute Gasteiger partial charge is 0.273 e. The third kappa shape index (κ3) is 3.48. The van der Waals surface area contributed by atoms with Gasteiger partial charge in [0.25, 0.3) is 5.91 Å². The average Bonchev–Trinajstić information content (AvgIpc) is 3.15. The van der Waals surface area contributed by atoms with Crippen LogP contribution in [0.25, 0.3) is 0 Å². The van der Waals surface area contributed by atoms with Crippen molar-refractivity contribution in [2.75, 3.05) is 20.3 Å². The molecule has 0 saturated carbocycles. The normalized spacial score (nSPS) is 23.4. The third-order valence-electron chi connectivity index (χ3n) is 5.43. The zero-order chi connectivity index (χ0) is 22.3. The average molecular weight is 451 g/mol. The molecule has 10 heteroatoms. The van der Waals surface area contributed by atoms with Crippen molar-refractivity contribution in [3.05, 3.63) is 65.0 Å². The van der Waals surface area contributed by atoms with Crippen LogP contribution in [0.3, 0.4) is 0 Å². The summed E-state index contributed by atoms with van der Waals surface area (Å²) in [5.74, 6) is -2.59. The van der Waals surface area contributed by atoms with Crippen LogP contribution in [0.15, 0.2) is 41.5 Å². The predicted octanol–water partition coefficient (Wildman–Crippen LogP) is 3.20. The van der Waals surface area contributed by atoms with Gasteiger partial charge in [0.1, 0.15) is 34.3 Å². The Bertz CT molecular complexity index is 1070. The molecule has 0 bridgehead atoms. The lowest BCUT2D eigenvalue weighted by Gasteiger charge is -2.45. The van der Waals surface area contributed by atoms with Gasteiger partial charge in [0, 0.05) is 30.7 Å². The van der Waals surface area contributed by atoms with Gasteiger partial charge in [0.15, 0.2) is 4.87 Å². The van der Waals surface area contributed by atoms with Crippen LogP contribution in [-0.4, -0.2) is 42.3 Å². The van der Waals surface area contributed by atoms with Crippen molar-refractivity contribution in [2.24, 2.45) is 16.8 Å². The lowest BCUT2D eigenvalue weighted by Crippen LogP contribution is -2.55. The summed E-state index contributed by atoms with van der Waals surface area (Å²) in [6.07, 6.45) is -0.892. The lowest BCUT2D eigenvalue weighted by molar-refractivity contribution is -0.147. The topological polar surface area (TPSA) is 77.1 Å². The molecule has 0 fully saturated rings. The molecular weight excluding hydrogens is 431 g/mol. The molecule has 31 heavy (non-hydrogen) atoms. The molecule has 4 rings (SSSR count). The van der Waals surface area contributed by atoms with Gasteiger partial charge in [-0.25, -0.2) is 18.2 Å². The van der Waals surface area contributed by atoms with Gasteiger partial charge in [-0.3, -0.25) is 4.79 Å². The van der Waals surface area contributed by atoms with Gasteiger partial charge < -0.3 is 15.2 Å². The summed E-state index contributed by atoms with van der Waals surface area (Å²) in [5, 5.41) is 5.61. The number of fused-ring (bicyclic) bond motifs is 2. The molecule has 0 saturated heterocycles. The molecule has 0 aliphatic carbocycles. The number of thioether (sulfide) groups is 1. The van der Waals surface area contributed by atoms with Gasteiger partial charge in [-0.05, 0) is 43.3 Å². The number of amides is 1. The molecule has 2 heterocycles. The summed E-state index contributed by atoms with van der Waals surface area (Å²) in [6.45, 7) is 1.74. The van der Waals surface area contributed by atoms with Crippen LogP contribution in [0.4, 0.5) is 13.2 Å². The van der Waals surface area contributed by atoms with Gasteiger partial charge in [0.2, 0.25) is 0 Å². The Balaban J connectivity index is 1.94. The van der Waals surface area contributed by atoms with Crippen LogP contribution in [0.1, 0.15) is 18.1 Å². The molecule has 2 aromatic carbocycles. The fourth-order valence-corrected chi connectivity index (χ4v) is 5.22. The number of nitrogens with two attached hydrogens (primary N) is 1. The van der Waals surface area contributed by atoms with Gasteiger partial charge >= 0.3 is 0 Å². The van der Waals surface area contributed by atoms with Crippen LogP contribution in [0.5, 0.6) is 5.75 Å². The Labute approximate surface area is 181 Å². The Morgan fingerprint density at radius 3 is 2.74 bits per heavy atom. The fourth-order valence-electron chi connectivity index (χ4n) is 3.72. The maximum atomic E-state index is 14.6. The number of carbonyl (C=O) groups excluding carboxylic acids is 1. The number of rotatable bonds is 4. The third-order valence-corrected chi connectivity index (χ3v) is 6.96. The number of hydrazone groups is 1. The molecule has 0 unspecified atom stereocenters. The van der Waals surface area contributed by atoms with Crippen molar-refractivity contribution >= 4 is 22.7 Å². The SMILES string of the molecule is CO[C@H](C)C(=O)N1N=C(c2cc(F)ccc2F)S[C@@]12c1cc(F)ccc1OC[C@H]2CN. The summed E-state index contributed by atoms with van der Waals surface area (Å²) in [7, 11) is 1.37. The minimum absolute atomic E-state index is 0.0720. The monoisotopic (exact) mass is 451 g/mol. The maximum absolute atomic E-state index is 14.6. The van der Waals surface area contributed by atoms with E-state index in [0.717, 1.165) is 35.0 Å². The number of carbonyl (C=O) groups is 1. The van der Waals surface area contributed by atoms with E-state index in [-0.39, 0.29) is 23.8 Å². The highest BCUT2D eigenvalue weighted by molar-refractivity contribution is 8.15. The number of hydrogen-bond acceptors (Lipinski definition) is 6. The molecule has 6 nitrogen and oxygen atoms in total. The highest BCUT2D eigenvalue weighted by Crippen LogP contribution is 2.56. The van der Waals surface area contributed by atoms with E-state index in [1.165, 1.54) is 25.3 Å². The Morgan fingerprint density at radius 2 is 2.03 bits per heavy atom. The number of nitrogens with zero attached hydrogens (tertiary/aromatic N) is 2. The van der Waals surface area contributed by atoms with Crippen LogP contribution in [0.2, 0.25) is 0 Å². The Hall–Kier alpha value is -2.56. The highest BCUT2D eigenvalue weighted by Gasteiger charge is 2.57. The largest absolute Gasteiger partial charge is 0.493 e. The van der Waals surface area contributed by atoms with E-state index in [1.807, 2.05) is 0 Å². The molecule has 1 spiro atoms. The molecule has 3 atom stereocenters. The number of ether oxygens (including phenoxy) is 2. The fraction of sp³-hybridized carbons (Fsp3) is 0.333. The zero-order valence-electron chi connectivity index (χ0n) is 16.8. The first-order chi connectivity index (χ1) is 14.8. The van der Waals surface area contributed by atoms with E-state index in [4.69, 9.17) is 15.2 Å². The number of hydrogen-bond donors (Lipinski definition) is 1. The maximum Gasteiger partial charge on any atom is 0.273 e. The van der Waals surface area contributed by atoms with Gasteiger partial charge in [-0.1, -0.05) is 11.8 Å². The second kappa shape index (κ2) is 8.18. The van der Waals surface area contributed by atoms with Crippen molar-refractivity contribution in [2.45, 2.75) is 17.9 Å². The summed E-state index contributed by atoms with van der Waals surface area (Å²) in [5.41, 5.74) is 6.25. The second-order valence-electron chi connectivity index (χ2n) is 7.24. The van der Waals surface area contributed by atoms with Crippen molar-refractivity contribution in [3.63, 3.8) is 0 Å². The Kier molecular flexibility index (Phi) is 5.71. The second-order valence-corrected chi connectivity index (χ2v) is 8.45. The summed E-state index contributed by atoms with van der Waals surface area (Å²) in [4.78, 5) is 12.0. The first-order valence-corrected chi connectivity index (χ1v) is 10.4. The lowest BCUT2D eigenvalue weighted by atomic mass is 9.88. The van der Waals surface area contributed by atoms with Crippen molar-refractivity contribution in [3.8, 4) is 5.75 Å². The van der Waals surface area contributed by atoms with Crippen molar-refractivity contribution in [1.29, 1.82) is 0 Å². The summed E-state index contributed by atoms with van der Waals surface area (Å²) < 4.78 is 53.7. The molecule has 0 radical (unpaired) electrons. The summed E-state index contributed by atoms with van der Waals surface area (Å²) >= 11 is 1.02. The molecule has 2 aliphatic rings. The first kappa shape index (κ1) is 21.7. The molecular formula is C21H20F3N3O3S. The molecule has 164 valence electrons. The minimum atomic E-state index is -1.32. The summed E-state index contributed by atoms with van der Waals surface area (Å²) in [6, 6.07) is 6.94. The molecule has 2 aromatic rings. The van der Waals surface area contributed by atoms with Crippen LogP contribution in [-0.2, 0) is 14.4 Å². The number of benzene rings is 2. The Morgan fingerprint density at radius 1 is 1.32 bits per heavy atom. The van der Waals surface area contributed by atoms with Gasteiger partial charge in [0.05, 0.1) is 6.61 Å². The number of methoxy groups -OCH3 is 1.